The van der Waals surface area contributed by atoms with E-state index in [4.69, 9.17) is 4.74 Å². The first-order valence-electron chi connectivity index (χ1n) is 6.45. The summed E-state index contributed by atoms with van der Waals surface area (Å²) in [4.78, 5) is 9.26. The van der Waals surface area contributed by atoms with Crippen LogP contribution < -0.4 is 10.1 Å². The molecule has 1 atom stereocenters. The first kappa shape index (κ1) is 12.0. The number of hydrogen-bond acceptors (Lipinski definition) is 4. The van der Waals surface area contributed by atoms with Gasteiger partial charge in [-0.05, 0) is 19.9 Å². The summed E-state index contributed by atoms with van der Waals surface area (Å²) in [6.45, 7) is 4.66. The molecule has 1 aliphatic heterocycles. The van der Waals surface area contributed by atoms with Crippen LogP contribution in [0.15, 0.2) is 24.3 Å². The Hall–Kier alpha value is -2.10. The molecule has 4 nitrogen and oxygen atoms in total. The minimum Gasteiger partial charge on any atom is -0.492 e. The molecule has 0 fully saturated rings. The van der Waals surface area contributed by atoms with Crippen LogP contribution in [0, 0.1) is 13.8 Å². The molecule has 1 unspecified atom stereocenters. The average molecular weight is 255 g/mol. The number of nitrogens with one attached hydrogen (secondary N) is 1. The van der Waals surface area contributed by atoms with E-state index in [1.807, 2.05) is 39.1 Å². The Bertz CT molecular complexity index is 625. The van der Waals surface area contributed by atoms with Gasteiger partial charge in [0.05, 0.1) is 5.92 Å². The van der Waals surface area contributed by atoms with Gasteiger partial charge in [-0.2, -0.15) is 0 Å². The Morgan fingerprint density at radius 1 is 1.21 bits per heavy atom. The van der Waals surface area contributed by atoms with Crippen LogP contribution in [-0.2, 0) is 0 Å². The lowest BCUT2D eigenvalue weighted by atomic mass is 10.0. The first-order chi connectivity index (χ1) is 9.20. The van der Waals surface area contributed by atoms with Crippen LogP contribution in [0.4, 0.5) is 5.82 Å². The summed E-state index contributed by atoms with van der Waals surface area (Å²) in [5, 5.41) is 3.13. The molecule has 19 heavy (non-hydrogen) atoms. The first-order valence-corrected chi connectivity index (χ1v) is 6.45. The zero-order valence-electron chi connectivity index (χ0n) is 11.4. The Labute approximate surface area is 112 Å². The number of fused-ring (bicyclic) bond motifs is 1. The van der Waals surface area contributed by atoms with Crippen molar-refractivity contribution in [3.05, 3.63) is 46.9 Å². The number of para-hydroxylation sites is 1. The van der Waals surface area contributed by atoms with Crippen LogP contribution in [0.2, 0.25) is 0 Å². The maximum absolute atomic E-state index is 5.71. The maximum Gasteiger partial charge on any atom is 0.142 e. The molecule has 0 spiro atoms. The van der Waals surface area contributed by atoms with E-state index in [0.717, 1.165) is 28.6 Å². The fraction of sp³-hybridized carbons (Fsp3) is 0.333. The molecule has 0 bridgehead atoms. The van der Waals surface area contributed by atoms with Crippen LogP contribution in [0.25, 0.3) is 0 Å². The number of aryl methyl sites for hydroxylation is 1. The fourth-order valence-corrected chi connectivity index (χ4v) is 2.43. The topological polar surface area (TPSA) is 47.0 Å². The minimum absolute atomic E-state index is 0.127. The minimum atomic E-state index is 0.127. The van der Waals surface area contributed by atoms with Crippen molar-refractivity contribution in [3.8, 4) is 5.75 Å². The lowest BCUT2D eigenvalue weighted by molar-refractivity contribution is 0.339. The van der Waals surface area contributed by atoms with Crippen molar-refractivity contribution in [1.29, 1.82) is 0 Å². The van der Waals surface area contributed by atoms with Gasteiger partial charge in [0, 0.05) is 23.9 Å². The third-order valence-electron chi connectivity index (χ3n) is 3.65. The van der Waals surface area contributed by atoms with Gasteiger partial charge in [-0.15, -0.1) is 0 Å². The van der Waals surface area contributed by atoms with Gasteiger partial charge >= 0.3 is 0 Å². The molecular weight excluding hydrogens is 238 g/mol. The van der Waals surface area contributed by atoms with E-state index in [1.54, 1.807) is 0 Å². The smallest absolute Gasteiger partial charge is 0.142 e. The van der Waals surface area contributed by atoms with Crippen molar-refractivity contribution in [1.82, 2.24) is 9.97 Å². The number of rotatable bonds is 2. The van der Waals surface area contributed by atoms with E-state index in [9.17, 15) is 0 Å². The molecular formula is C15H17N3O. The second kappa shape index (κ2) is 4.53. The summed E-state index contributed by atoms with van der Waals surface area (Å²) in [5.74, 6) is 2.80. The Balaban J connectivity index is 2.07. The molecule has 98 valence electrons. The molecule has 3 rings (SSSR count). The van der Waals surface area contributed by atoms with E-state index in [-0.39, 0.29) is 5.92 Å². The largest absolute Gasteiger partial charge is 0.492 e. The van der Waals surface area contributed by atoms with Gasteiger partial charge < -0.3 is 10.1 Å². The molecule has 0 aliphatic carbocycles. The average Bonchev–Trinajstić information content (AvgIpc) is 2.85. The fourth-order valence-electron chi connectivity index (χ4n) is 2.43. The van der Waals surface area contributed by atoms with Crippen LogP contribution in [0.3, 0.4) is 0 Å². The summed E-state index contributed by atoms with van der Waals surface area (Å²) in [5.41, 5.74) is 3.28. The van der Waals surface area contributed by atoms with Crippen molar-refractivity contribution >= 4 is 5.82 Å². The van der Waals surface area contributed by atoms with Gasteiger partial charge in [-0.1, -0.05) is 18.2 Å². The molecule has 0 radical (unpaired) electrons. The maximum atomic E-state index is 5.71. The summed E-state index contributed by atoms with van der Waals surface area (Å²) in [7, 11) is 1.89. The Morgan fingerprint density at radius 3 is 2.79 bits per heavy atom. The van der Waals surface area contributed by atoms with E-state index >= 15 is 0 Å². The van der Waals surface area contributed by atoms with Gasteiger partial charge in [0.1, 0.15) is 24.0 Å². The molecule has 1 aromatic carbocycles. The number of aromatic nitrogens is 2. The molecule has 0 amide bonds. The van der Waals surface area contributed by atoms with E-state index in [0.29, 0.717) is 6.61 Å². The Morgan fingerprint density at radius 2 is 2.00 bits per heavy atom. The zero-order chi connectivity index (χ0) is 13.4. The van der Waals surface area contributed by atoms with Crippen molar-refractivity contribution in [2.45, 2.75) is 19.8 Å². The number of benzene rings is 1. The third kappa shape index (κ3) is 1.93. The summed E-state index contributed by atoms with van der Waals surface area (Å²) >= 11 is 0. The molecule has 2 heterocycles. The SMILES string of the molecule is CNc1nc(C2COc3ccccc32)nc(C)c1C. The van der Waals surface area contributed by atoms with Gasteiger partial charge in [0.15, 0.2) is 0 Å². The number of ether oxygens (including phenoxy) is 1. The standard InChI is InChI=1S/C15H17N3O/c1-9-10(2)17-15(18-14(9)16-3)12-8-19-13-7-5-4-6-11(12)13/h4-7,12H,8H2,1-3H3,(H,16,17,18). The third-order valence-corrected chi connectivity index (χ3v) is 3.65. The van der Waals surface area contributed by atoms with Crippen molar-refractivity contribution in [3.63, 3.8) is 0 Å². The molecule has 0 saturated heterocycles. The monoisotopic (exact) mass is 255 g/mol. The lowest BCUT2D eigenvalue weighted by Crippen LogP contribution is -2.11. The summed E-state index contributed by atoms with van der Waals surface area (Å²) in [6.07, 6.45) is 0. The van der Waals surface area contributed by atoms with Crippen LogP contribution >= 0.6 is 0 Å². The predicted octanol–water partition coefficient (Wildman–Crippen LogP) is 2.66. The number of hydrogen-bond donors (Lipinski definition) is 1. The van der Waals surface area contributed by atoms with Crippen molar-refractivity contribution in [2.24, 2.45) is 0 Å². The Kier molecular flexibility index (Phi) is 2.85. The van der Waals surface area contributed by atoms with Gasteiger partial charge in [0.2, 0.25) is 0 Å². The highest BCUT2D eigenvalue weighted by molar-refractivity contribution is 5.48. The van der Waals surface area contributed by atoms with Gasteiger partial charge in [0.25, 0.3) is 0 Å². The van der Waals surface area contributed by atoms with E-state index < -0.39 is 0 Å². The van der Waals surface area contributed by atoms with E-state index in [1.165, 1.54) is 5.56 Å². The zero-order valence-corrected chi connectivity index (χ0v) is 11.4. The second-order valence-corrected chi connectivity index (χ2v) is 4.79. The van der Waals surface area contributed by atoms with Crippen LogP contribution in [-0.4, -0.2) is 23.6 Å². The quantitative estimate of drug-likeness (QED) is 0.896. The highest BCUT2D eigenvalue weighted by Gasteiger charge is 2.28. The molecule has 1 aromatic heterocycles. The molecule has 1 aliphatic rings. The molecule has 2 aromatic rings. The van der Waals surface area contributed by atoms with Gasteiger partial charge in [-0.3, -0.25) is 0 Å². The predicted molar refractivity (Wildman–Crippen MR) is 74.8 cm³/mol. The molecule has 0 saturated carbocycles. The van der Waals surface area contributed by atoms with Crippen molar-refractivity contribution < 1.29 is 4.74 Å². The highest BCUT2D eigenvalue weighted by atomic mass is 16.5. The van der Waals surface area contributed by atoms with Crippen LogP contribution in [0.1, 0.15) is 28.6 Å². The highest BCUT2D eigenvalue weighted by Crippen LogP contribution is 2.37. The lowest BCUT2D eigenvalue weighted by Gasteiger charge is -2.13. The number of nitrogens with zero attached hydrogens (tertiary/aromatic N) is 2. The summed E-state index contributed by atoms with van der Waals surface area (Å²) < 4.78 is 5.71. The molecule has 1 N–H and O–H groups in total. The van der Waals surface area contributed by atoms with Crippen molar-refractivity contribution in [2.75, 3.05) is 19.0 Å². The van der Waals surface area contributed by atoms with E-state index in [2.05, 4.69) is 21.4 Å². The van der Waals surface area contributed by atoms with Gasteiger partial charge in [-0.25, -0.2) is 9.97 Å². The normalized spacial score (nSPS) is 16.9. The number of anilines is 1. The van der Waals surface area contributed by atoms with Crippen LogP contribution in [0.5, 0.6) is 5.75 Å². The molecule has 4 heteroatoms. The summed E-state index contributed by atoms with van der Waals surface area (Å²) in [6, 6.07) is 8.10. The second-order valence-electron chi connectivity index (χ2n) is 4.79.